The number of rotatable bonds is 2. The Morgan fingerprint density at radius 1 is 1.27 bits per heavy atom. The first-order valence-corrected chi connectivity index (χ1v) is 8.55. The molecule has 0 bridgehead atoms. The summed E-state index contributed by atoms with van der Waals surface area (Å²) in [6.45, 7) is 4.93. The molecular formula is C16H23N3O2S. The summed E-state index contributed by atoms with van der Waals surface area (Å²) in [5.74, 6) is 0.106. The highest BCUT2D eigenvalue weighted by molar-refractivity contribution is 7.11. The predicted octanol–water partition coefficient (Wildman–Crippen LogP) is 1.18. The van der Waals surface area contributed by atoms with Gasteiger partial charge in [0.15, 0.2) is 0 Å². The lowest BCUT2D eigenvalue weighted by molar-refractivity contribution is -0.136. The van der Waals surface area contributed by atoms with E-state index in [-0.39, 0.29) is 30.3 Å². The van der Waals surface area contributed by atoms with Gasteiger partial charge in [0, 0.05) is 36.9 Å². The lowest BCUT2D eigenvalue weighted by Gasteiger charge is -2.40. The molecule has 1 aromatic rings. The normalized spacial score (nSPS) is 27.0. The van der Waals surface area contributed by atoms with Gasteiger partial charge in [0.05, 0.1) is 18.5 Å². The second kappa shape index (κ2) is 6.01. The van der Waals surface area contributed by atoms with Crippen molar-refractivity contribution in [1.82, 2.24) is 14.7 Å². The zero-order chi connectivity index (χ0) is 15.9. The van der Waals surface area contributed by atoms with E-state index in [1.165, 1.54) is 9.75 Å². The van der Waals surface area contributed by atoms with Gasteiger partial charge in [0.2, 0.25) is 11.8 Å². The van der Waals surface area contributed by atoms with E-state index in [0.717, 1.165) is 26.1 Å². The molecule has 0 radical (unpaired) electrons. The summed E-state index contributed by atoms with van der Waals surface area (Å²) < 4.78 is 0. The number of hydrogen-bond donors (Lipinski definition) is 0. The van der Waals surface area contributed by atoms with Crippen LogP contribution in [-0.2, 0) is 16.1 Å². The standard InChI is InChI=1S/C16H23N3O2S/c1-11-4-5-12(22-11)8-19-7-6-13-14(9-19)18(3)15(20)10-17(2)16(13)21/h4-5,13-14H,6-10H2,1-3H3/t13-,14+/m0/s1. The van der Waals surface area contributed by atoms with Crippen LogP contribution in [0.4, 0.5) is 0 Å². The Morgan fingerprint density at radius 2 is 2.05 bits per heavy atom. The molecule has 0 spiro atoms. The number of aryl methyl sites for hydroxylation is 1. The van der Waals surface area contributed by atoms with E-state index in [9.17, 15) is 9.59 Å². The van der Waals surface area contributed by atoms with E-state index in [2.05, 4.69) is 24.0 Å². The average Bonchev–Trinajstić information content (AvgIpc) is 2.87. The Balaban J connectivity index is 1.74. The largest absolute Gasteiger partial charge is 0.339 e. The summed E-state index contributed by atoms with van der Waals surface area (Å²) in [7, 11) is 3.57. The van der Waals surface area contributed by atoms with Crippen molar-refractivity contribution in [2.75, 3.05) is 33.7 Å². The molecule has 0 aromatic carbocycles. The first kappa shape index (κ1) is 15.5. The number of fused-ring (bicyclic) bond motifs is 1. The third-order valence-electron chi connectivity index (χ3n) is 4.80. The Bertz CT molecular complexity index is 586. The lowest BCUT2D eigenvalue weighted by Crippen LogP contribution is -2.53. The van der Waals surface area contributed by atoms with Gasteiger partial charge in [0.25, 0.3) is 0 Å². The van der Waals surface area contributed by atoms with E-state index in [1.807, 2.05) is 18.4 Å². The molecule has 5 nitrogen and oxygen atoms in total. The van der Waals surface area contributed by atoms with Gasteiger partial charge >= 0.3 is 0 Å². The van der Waals surface area contributed by atoms with Crippen LogP contribution in [0, 0.1) is 12.8 Å². The topological polar surface area (TPSA) is 43.9 Å². The third kappa shape index (κ3) is 2.90. The molecular weight excluding hydrogens is 298 g/mol. The van der Waals surface area contributed by atoms with Gasteiger partial charge in [-0.2, -0.15) is 0 Å². The first-order chi connectivity index (χ1) is 10.5. The van der Waals surface area contributed by atoms with Crippen LogP contribution in [0.5, 0.6) is 0 Å². The molecule has 2 atom stereocenters. The fourth-order valence-electron chi connectivity index (χ4n) is 3.47. The van der Waals surface area contributed by atoms with Crippen LogP contribution in [0.25, 0.3) is 0 Å². The maximum Gasteiger partial charge on any atom is 0.242 e. The highest BCUT2D eigenvalue weighted by Gasteiger charge is 2.42. The van der Waals surface area contributed by atoms with Crippen molar-refractivity contribution in [2.45, 2.75) is 25.9 Å². The number of nitrogens with zero attached hydrogens (tertiary/aromatic N) is 3. The van der Waals surface area contributed by atoms with E-state index in [1.54, 1.807) is 16.8 Å². The van der Waals surface area contributed by atoms with Crippen LogP contribution in [0.1, 0.15) is 16.2 Å². The van der Waals surface area contributed by atoms with Crippen molar-refractivity contribution < 1.29 is 9.59 Å². The molecule has 2 saturated heterocycles. The summed E-state index contributed by atoms with van der Waals surface area (Å²) in [5.41, 5.74) is 0. The van der Waals surface area contributed by atoms with Gasteiger partial charge < -0.3 is 9.80 Å². The minimum absolute atomic E-state index is 0.000223. The van der Waals surface area contributed by atoms with E-state index >= 15 is 0 Å². The minimum atomic E-state index is -0.0530. The zero-order valence-electron chi connectivity index (χ0n) is 13.4. The Morgan fingerprint density at radius 3 is 2.73 bits per heavy atom. The van der Waals surface area contributed by atoms with Crippen molar-refractivity contribution in [1.29, 1.82) is 0 Å². The fraction of sp³-hybridized carbons (Fsp3) is 0.625. The molecule has 0 N–H and O–H groups in total. The number of likely N-dealkylation sites (N-methyl/N-ethyl adjacent to an activating group) is 2. The predicted molar refractivity (Wildman–Crippen MR) is 86.6 cm³/mol. The fourth-order valence-corrected chi connectivity index (χ4v) is 4.40. The van der Waals surface area contributed by atoms with Crippen LogP contribution in [0.3, 0.4) is 0 Å². The van der Waals surface area contributed by atoms with Crippen LogP contribution in [0.2, 0.25) is 0 Å². The molecule has 120 valence electrons. The smallest absolute Gasteiger partial charge is 0.242 e. The maximum atomic E-state index is 12.5. The molecule has 0 aliphatic carbocycles. The van der Waals surface area contributed by atoms with E-state index < -0.39 is 0 Å². The Kier molecular flexibility index (Phi) is 4.23. The van der Waals surface area contributed by atoms with Crippen LogP contribution >= 0.6 is 11.3 Å². The van der Waals surface area contributed by atoms with E-state index in [4.69, 9.17) is 0 Å². The molecule has 3 rings (SSSR count). The zero-order valence-corrected chi connectivity index (χ0v) is 14.2. The summed E-state index contributed by atoms with van der Waals surface area (Å²) in [6, 6.07) is 4.32. The van der Waals surface area contributed by atoms with Crippen molar-refractivity contribution >= 4 is 23.2 Å². The summed E-state index contributed by atoms with van der Waals surface area (Å²) >= 11 is 1.82. The van der Waals surface area contributed by atoms with Gasteiger partial charge in [-0.3, -0.25) is 14.5 Å². The Hall–Kier alpha value is -1.40. The molecule has 2 aliphatic rings. The van der Waals surface area contributed by atoms with Gasteiger partial charge in [0.1, 0.15) is 0 Å². The van der Waals surface area contributed by atoms with Gasteiger partial charge in [-0.15, -0.1) is 11.3 Å². The quantitative estimate of drug-likeness (QED) is 0.821. The summed E-state index contributed by atoms with van der Waals surface area (Å²) in [6.07, 6.45) is 0.829. The number of piperidine rings is 1. The molecule has 3 heterocycles. The molecule has 1 aromatic heterocycles. The minimum Gasteiger partial charge on any atom is -0.339 e. The molecule has 0 unspecified atom stereocenters. The van der Waals surface area contributed by atoms with Crippen LogP contribution in [-0.4, -0.2) is 66.3 Å². The molecule has 2 amide bonds. The number of likely N-dealkylation sites (tertiary alicyclic amines) is 1. The van der Waals surface area contributed by atoms with Gasteiger partial charge in [-0.05, 0) is 32.0 Å². The number of carbonyl (C=O) groups is 2. The van der Waals surface area contributed by atoms with Gasteiger partial charge in [-0.25, -0.2) is 0 Å². The second-order valence-corrected chi connectivity index (χ2v) is 7.78. The van der Waals surface area contributed by atoms with Crippen molar-refractivity contribution in [3.8, 4) is 0 Å². The number of hydrogen-bond acceptors (Lipinski definition) is 4. The number of amides is 2. The first-order valence-electron chi connectivity index (χ1n) is 7.74. The van der Waals surface area contributed by atoms with Crippen molar-refractivity contribution in [2.24, 2.45) is 5.92 Å². The molecule has 22 heavy (non-hydrogen) atoms. The summed E-state index contributed by atoms with van der Waals surface area (Å²) in [5, 5.41) is 0. The monoisotopic (exact) mass is 321 g/mol. The van der Waals surface area contributed by atoms with Crippen LogP contribution in [0.15, 0.2) is 12.1 Å². The number of carbonyl (C=O) groups excluding carboxylic acids is 2. The van der Waals surface area contributed by atoms with E-state index in [0.29, 0.717) is 0 Å². The molecule has 2 aliphatic heterocycles. The molecule has 2 fully saturated rings. The van der Waals surface area contributed by atoms with Crippen molar-refractivity contribution in [3.63, 3.8) is 0 Å². The lowest BCUT2D eigenvalue weighted by atomic mass is 9.90. The van der Waals surface area contributed by atoms with Gasteiger partial charge in [-0.1, -0.05) is 0 Å². The van der Waals surface area contributed by atoms with Crippen molar-refractivity contribution in [3.05, 3.63) is 21.9 Å². The highest BCUT2D eigenvalue weighted by atomic mass is 32.1. The SMILES string of the molecule is Cc1ccc(CN2CC[C@@H]3C(=O)N(C)CC(=O)N(C)[C@@H]3C2)s1. The molecule has 6 heteroatoms. The summed E-state index contributed by atoms with van der Waals surface area (Å²) in [4.78, 5) is 33.1. The third-order valence-corrected chi connectivity index (χ3v) is 5.78. The Labute approximate surface area is 135 Å². The highest BCUT2D eigenvalue weighted by Crippen LogP contribution is 2.28. The average molecular weight is 321 g/mol. The van der Waals surface area contributed by atoms with Crippen LogP contribution < -0.4 is 0 Å². The maximum absolute atomic E-state index is 12.5. The number of thiophene rings is 1. The molecule has 0 saturated carbocycles. The second-order valence-electron chi connectivity index (χ2n) is 6.41.